The second-order valence-electron chi connectivity index (χ2n) is 6.04. The topological polar surface area (TPSA) is 41.1 Å². The van der Waals surface area contributed by atoms with E-state index < -0.39 is 0 Å². The lowest BCUT2D eigenvalue weighted by Gasteiger charge is -2.22. The van der Waals surface area contributed by atoms with E-state index >= 15 is 0 Å². The minimum Gasteiger partial charge on any atom is -0.384 e. The van der Waals surface area contributed by atoms with Crippen molar-refractivity contribution in [2.45, 2.75) is 57.9 Å². The summed E-state index contributed by atoms with van der Waals surface area (Å²) in [6, 6.07) is 5.00. The summed E-state index contributed by atoms with van der Waals surface area (Å²) in [6.45, 7) is 3.53. The average Bonchev–Trinajstić information content (AvgIpc) is 2.55. The van der Waals surface area contributed by atoms with Gasteiger partial charge in [-0.2, -0.15) is 0 Å². The molecule has 1 aliphatic carbocycles. The van der Waals surface area contributed by atoms with Crippen LogP contribution in [0.3, 0.4) is 0 Å². The fraction of sp³-hybridized carbons (Fsp3) is 0.611. The highest BCUT2D eigenvalue weighted by molar-refractivity contribution is 6.01. The van der Waals surface area contributed by atoms with Crippen LogP contribution in [0.2, 0.25) is 0 Å². The monoisotopic (exact) mass is 306 g/mol. The van der Waals surface area contributed by atoms with Crippen LogP contribution in [-0.2, 0) is 0 Å². The number of hydrogen-bond donors (Lipinski definition) is 2. The van der Waals surface area contributed by atoms with Crippen molar-refractivity contribution in [1.29, 1.82) is 0 Å². The van der Waals surface area contributed by atoms with Gasteiger partial charge in [0.2, 0.25) is 0 Å². The van der Waals surface area contributed by atoms with E-state index in [1.165, 1.54) is 44.2 Å². The fourth-order valence-corrected chi connectivity index (χ4v) is 3.02. The third-order valence-corrected chi connectivity index (χ3v) is 4.31. The summed E-state index contributed by atoms with van der Waals surface area (Å²) in [6.07, 6.45) is 8.01. The third-order valence-electron chi connectivity index (χ3n) is 4.31. The summed E-state index contributed by atoms with van der Waals surface area (Å²) in [5.74, 6) is -0.265. The number of carbonyl (C=O) groups is 1. The summed E-state index contributed by atoms with van der Waals surface area (Å²) in [5.41, 5.74) is 1.20. The van der Waals surface area contributed by atoms with Gasteiger partial charge in [-0.3, -0.25) is 4.79 Å². The van der Waals surface area contributed by atoms with Crippen molar-refractivity contribution in [2.24, 2.45) is 0 Å². The maximum atomic E-state index is 13.4. The number of Topliss-reactive ketones (excluding diaryl/α,β-unsaturated/α-hetero) is 1. The predicted octanol–water partition coefficient (Wildman–Crippen LogP) is 4.14. The number of anilines is 1. The predicted molar refractivity (Wildman–Crippen MR) is 89.0 cm³/mol. The number of carbonyl (C=O) groups excluding carboxylic acids is 1. The van der Waals surface area contributed by atoms with E-state index in [-0.39, 0.29) is 11.6 Å². The molecular weight excluding hydrogens is 279 g/mol. The molecule has 0 atom stereocenters. The van der Waals surface area contributed by atoms with Crippen molar-refractivity contribution >= 4 is 11.5 Å². The van der Waals surface area contributed by atoms with E-state index in [4.69, 9.17) is 0 Å². The second-order valence-corrected chi connectivity index (χ2v) is 6.04. The van der Waals surface area contributed by atoms with Gasteiger partial charge in [0.25, 0.3) is 0 Å². The van der Waals surface area contributed by atoms with Crippen LogP contribution < -0.4 is 10.6 Å². The lowest BCUT2D eigenvalue weighted by Crippen LogP contribution is -2.32. The van der Waals surface area contributed by atoms with Crippen molar-refractivity contribution < 1.29 is 9.18 Å². The lowest BCUT2D eigenvalue weighted by molar-refractivity contribution is 0.0989. The smallest absolute Gasteiger partial charge is 0.164 e. The lowest BCUT2D eigenvalue weighted by atomic mass is 9.95. The first kappa shape index (κ1) is 16.9. The molecule has 0 aliphatic heterocycles. The molecule has 0 aromatic heterocycles. The van der Waals surface area contributed by atoms with Crippen LogP contribution in [0, 0.1) is 5.82 Å². The Kier molecular flexibility index (Phi) is 6.84. The molecule has 0 bridgehead atoms. The Morgan fingerprint density at radius 2 is 2.00 bits per heavy atom. The van der Waals surface area contributed by atoms with Crippen molar-refractivity contribution in [3.05, 3.63) is 29.6 Å². The first-order valence-electron chi connectivity index (χ1n) is 8.50. The molecule has 2 rings (SSSR count). The van der Waals surface area contributed by atoms with Crippen LogP contribution >= 0.6 is 0 Å². The van der Waals surface area contributed by atoms with Gasteiger partial charge in [-0.1, -0.05) is 26.2 Å². The van der Waals surface area contributed by atoms with E-state index in [1.807, 2.05) is 6.92 Å². The van der Waals surface area contributed by atoms with Gasteiger partial charge in [0, 0.05) is 30.3 Å². The van der Waals surface area contributed by atoms with Gasteiger partial charge in [0.05, 0.1) is 0 Å². The molecule has 0 spiro atoms. The average molecular weight is 306 g/mol. The molecule has 0 unspecified atom stereocenters. The number of benzene rings is 1. The zero-order valence-corrected chi connectivity index (χ0v) is 13.5. The molecule has 122 valence electrons. The van der Waals surface area contributed by atoms with Crippen molar-refractivity contribution in [3.63, 3.8) is 0 Å². The van der Waals surface area contributed by atoms with E-state index in [1.54, 1.807) is 6.07 Å². The molecule has 0 saturated heterocycles. The molecule has 22 heavy (non-hydrogen) atoms. The highest BCUT2D eigenvalue weighted by Gasteiger charge is 2.12. The number of halogens is 1. The summed E-state index contributed by atoms with van der Waals surface area (Å²) in [5, 5.41) is 6.79. The standard InChI is InChI=1S/C18H27FN2O/c1-2-18(22)16-10-9-14(19)13-17(16)21-12-6-11-20-15-7-4-3-5-8-15/h9-10,13,15,20-21H,2-8,11-12H2,1H3. The number of ketones is 1. The van der Waals surface area contributed by atoms with Crippen LogP contribution in [-0.4, -0.2) is 24.9 Å². The molecule has 1 aromatic rings. The van der Waals surface area contributed by atoms with Gasteiger partial charge in [0.15, 0.2) is 5.78 Å². The minimum absolute atomic E-state index is 0.0443. The molecule has 0 radical (unpaired) electrons. The number of nitrogens with one attached hydrogen (secondary N) is 2. The van der Waals surface area contributed by atoms with Crippen LogP contribution in [0.4, 0.5) is 10.1 Å². The molecule has 3 nitrogen and oxygen atoms in total. The summed E-state index contributed by atoms with van der Waals surface area (Å²) in [7, 11) is 0. The normalized spacial score (nSPS) is 15.7. The van der Waals surface area contributed by atoms with Crippen molar-refractivity contribution in [3.8, 4) is 0 Å². The van der Waals surface area contributed by atoms with Crippen LogP contribution in [0.25, 0.3) is 0 Å². The number of rotatable bonds is 8. The highest BCUT2D eigenvalue weighted by Crippen LogP contribution is 2.19. The van der Waals surface area contributed by atoms with E-state index in [0.717, 1.165) is 19.5 Å². The summed E-state index contributed by atoms with van der Waals surface area (Å²) >= 11 is 0. The van der Waals surface area contributed by atoms with Crippen molar-refractivity contribution in [2.75, 3.05) is 18.4 Å². The molecule has 1 saturated carbocycles. The maximum absolute atomic E-state index is 13.4. The minimum atomic E-state index is -0.310. The Morgan fingerprint density at radius 3 is 2.73 bits per heavy atom. The summed E-state index contributed by atoms with van der Waals surface area (Å²) < 4.78 is 13.4. The quantitative estimate of drug-likeness (QED) is 0.560. The van der Waals surface area contributed by atoms with Gasteiger partial charge < -0.3 is 10.6 Å². The van der Waals surface area contributed by atoms with Crippen molar-refractivity contribution in [1.82, 2.24) is 5.32 Å². The van der Waals surface area contributed by atoms with E-state index in [9.17, 15) is 9.18 Å². The maximum Gasteiger partial charge on any atom is 0.164 e. The summed E-state index contributed by atoms with van der Waals surface area (Å²) in [4.78, 5) is 11.9. The molecule has 1 aromatic carbocycles. The van der Waals surface area contributed by atoms with Crippen LogP contribution in [0.15, 0.2) is 18.2 Å². The molecule has 1 fully saturated rings. The highest BCUT2D eigenvalue weighted by atomic mass is 19.1. The molecule has 0 heterocycles. The Balaban J connectivity index is 1.76. The van der Waals surface area contributed by atoms with E-state index in [0.29, 0.717) is 23.7 Å². The van der Waals surface area contributed by atoms with Gasteiger partial charge in [-0.05, 0) is 44.0 Å². The molecule has 1 aliphatic rings. The van der Waals surface area contributed by atoms with Gasteiger partial charge in [-0.25, -0.2) is 4.39 Å². The van der Waals surface area contributed by atoms with Gasteiger partial charge in [0.1, 0.15) is 5.82 Å². The molecule has 4 heteroatoms. The zero-order valence-electron chi connectivity index (χ0n) is 13.5. The molecule has 0 amide bonds. The first-order valence-corrected chi connectivity index (χ1v) is 8.50. The second kappa shape index (κ2) is 8.89. The van der Waals surface area contributed by atoms with E-state index in [2.05, 4.69) is 10.6 Å². The Hall–Kier alpha value is -1.42. The Labute approximate surface area is 132 Å². The number of hydrogen-bond acceptors (Lipinski definition) is 3. The van der Waals surface area contributed by atoms with Crippen LogP contribution in [0.1, 0.15) is 62.2 Å². The van der Waals surface area contributed by atoms with Gasteiger partial charge in [-0.15, -0.1) is 0 Å². The zero-order chi connectivity index (χ0) is 15.8. The largest absolute Gasteiger partial charge is 0.384 e. The Bertz CT molecular complexity index is 484. The molecular formula is C18H27FN2O. The third kappa shape index (κ3) is 5.09. The molecule has 2 N–H and O–H groups in total. The Morgan fingerprint density at radius 1 is 1.23 bits per heavy atom. The SMILES string of the molecule is CCC(=O)c1ccc(F)cc1NCCCNC1CCCCC1. The first-order chi connectivity index (χ1) is 10.7. The van der Waals surface area contributed by atoms with Crippen LogP contribution in [0.5, 0.6) is 0 Å². The fourth-order valence-electron chi connectivity index (χ4n) is 3.02. The van der Waals surface area contributed by atoms with Gasteiger partial charge >= 0.3 is 0 Å².